The topological polar surface area (TPSA) is 55.1 Å². The molecule has 16 heavy (non-hydrogen) atoms. The lowest BCUT2D eigenvalue weighted by atomic mass is 10.1. The highest BCUT2D eigenvalue weighted by molar-refractivity contribution is 5.75. The molecule has 0 fully saturated rings. The SMILES string of the molecule is CC(=O)CCCCCNc1ccccc1N. The standard InChI is InChI=1S/C13H20N2O/c1-11(16)7-3-2-6-10-15-13-9-5-4-8-12(13)14/h4-5,8-9,15H,2-3,6-7,10,14H2,1H3. The molecular weight excluding hydrogens is 200 g/mol. The van der Waals surface area contributed by atoms with E-state index < -0.39 is 0 Å². The Morgan fingerprint density at radius 1 is 1.25 bits per heavy atom. The highest BCUT2D eigenvalue weighted by Crippen LogP contribution is 2.16. The number of rotatable bonds is 7. The van der Waals surface area contributed by atoms with Crippen LogP contribution in [0.25, 0.3) is 0 Å². The van der Waals surface area contributed by atoms with E-state index in [2.05, 4.69) is 5.32 Å². The van der Waals surface area contributed by atoms with Gasteiger partial charge >= 0.3 is 0 Å². The molecule has 0 heterocycles. The first-order valence-electron chi connectivity index (χ1n) is 5.78. The van der Waals surface area contributed by atoms with Crippen molar-refractivity contribution in [3.05, 3.63) is 24.3 Å². The summed E-state index contributed by atoms with van der Waals surface area (Å²) in [5.41, 5.74) is 7.57. The van der Waals surface area contributed by atoms with Crippen molar-refractivity contribution in [2.45, 2.75) is 32.6 Å². The molecule has 0 saturated heterocycles. The van der Waals surface area contributed by atoms with Crippen LogP contribution < -0.4 is 11.1 Å². The number of anilines is 2. The summed E-state index contributed by atoms with van der Waals surface area (Å²) >= 11 is 0. The van der Waals surface area contributed by atoms with Crippen LogP contribution in [0.1, 0.15) is 32.6 Å². The number of carbonyl (C=O) groups excluding carboxylic acids is 1. The van der Waals surface area contributed by atoms with E-state index in [1.165, 1.54) is 0 Å². The van der Waals surface area contributed by atoms with E-state index in [4.69, 9.17) is 5.73 Å². The summed E-state index contributed by atoms with van der Waals surface area (Å²) in [5.74, 6) is 0.278. The van der Waals surface area contributed by atoms with Crippen LogP contribution in [0.3, 0.4) is 0 Å². The Kier molecular flexibility index (Phi) is 5.40. The third kappa shape index (κ3) is 4.82. The average Bonchev–Trinajstić information content (AvgIpc) is 2.25. The predicted octanol–water partition coefficient (Wildman–Crippen LogP) is 2.83. The second-order valence-corrected chi connectivity index (χ2v) is 4.03. The zero-order chi connectivity index (χ0) is 11.8. The monoisotopic (exact) mass is 220 g/mol. The molecule has 0 bridgehead atoms. The summed E-state index contributed by atoms with van der Waals surface area (Å²) in [6, 6.07) is 7.75. The van der Waals surface area contributed by atoms with Gasteiger partial charge in [-0.2, -0.15) is 0 Å². The maximum Gasteiger partial charge on any atom is 0.129 e. The molecule has 3 N–H and O–H groups in total. The Hall–Kier alpha value is -1.51. The number of Topliss-reactive ketones (excluding diaryl/α,β-unsaturated/α-hetero) is 1. The number of nitrogens with one attached hydrogen (secondary N) is 1. The van der Waals surface area contributed by atoms with Crippen LogP contribution in [0.4, 0.5) is 11.4 Å². The minimum absolute atomic E-state index is 0.278. The van der Waals surface area contributed by atoms with Gasteiger partial charge < -0.3 is 15.8 Å². The van der Waals surface area contributed by atoms with Crippen LogP contribution in [0, 0.1) is 0 Å². The molecule has 0 unspecified atom stereocenters. The number of benzene rings is 1. The van der Waals surface area contributed by atoms with Gasteiger partial charge in [0.2, 0.25) is 0 Å². The number of unbranched alkanes of at least 4 members (excludes halogenated alkanes) is 2. The van der Waals surface area contributed by atoms with Crippen LogP contribution >= 0.6 is 0 Å². The molecule has 0 spiro atoms. The minimum Gasteiger partial charge on any atom is -0.397 e. The van der Waals surface area contributed by atoms with Crippen LogP contribution in [-0.2, 0) is 4.79 Å². The quantitative estimate of drug-likeness (QED) is 0.549. The fraction of sp³-hybridized carbons (Fsp3) is 0.462. The number of nitrogens with two attached hydrogens (primary N) is 1. The summed E-state index contributed by atoms with van der Waals surface area (Å²) < 4.78 is 0. The van der Waals surface area contributed by atoms with E-state index in [0.717, 1.165) is 37.2 Å². The Labute approximate surface area is 97.0 Å². The van der Waals surface area contributed by atoms with Gasteiger partial charge in [-0.05, 0) is 31.9 Å². The number of nitrogen functional groups attached to an aromatic ring is 1. The molecule has 3 heteroatoms. The van der Waals surface area contributed by atoms with Crippen molar-refractivity contribution >= 4 is 17.2 Å². The Bertz CT molecular complexity index is 336. The first-order chi connectivity index (χ1) is 7.70. The van der Waals surface area contributed by atoms with Gasteiger partial charge in [0.15, 0.2) is 0 Å². The van der Waals surface area contributed by atoms with Gasteiger partial charge in [0, 0.05) is 13.0 Å². The Morgan fingerprint density at radius 2 is 2.00 bits per heavy atom. The number of ketones is 1. The van der Waals surface area contributed by atoms with Gasteiger partial charge in [-0.25, -0.2) is 0 Å². The van der Waals surface area contributed by atoms with Crippen molar-refractivity contribution < 1.29 is 4.79 Å². The molecule has 1 rings (SSSR count). The third-order valence-corrected chi connectivity index (χ3v) is 2.48. The van der Waals surface area contributed by atoms with Gasteiger partial charge in [0.1, 0.15) is 5.78 Å². The molecule has 0 amide bonds. The van der Waals surface area contributed by atoms with Gasteiger partial charge in [0.25, 0.3) is 0 Å². The largest absolute Gasteiger partial charge is 0.397 e. The molecule has 0 aliphatic rings. The van der Waals surface area contributed by atoms with Crippen molar-refractivity contribution in [3.63, 3.8) is 0 Å². The summed E-state index contributed by atoms with van der Waals surface area (Å²) in [6.45, 7) is 2.55. The fourth-order valence-electron chi connectivity index (χ4n) is 1.56. The highest BCUT2D eigenvalue weighted by atomic mass is 16.1. The fourth-order valence-corrected chi connectivity index (χ4v) is 1.56. The van der Waals surface area contributed by atoms with Crippen LogP contribution in [0.5, 0.6) is 0 Å². The van der Waals surface area contributed by atoms with E-state index >= 15 is 0 Å². The van der Waals surface area contributed by atoms with E-state index in [1.807, 2.05) is 24.3 Å². The average molecular weight is 220 g/mol. The van der Waals surface area contributed by atoms with Gasteiger partial charge in [-0.3, -0.25) is 0 Å². The van der Waals surface area contributed by atoms with Crippen molar-refractivity contribution in [1.82, 2.24) is 0 Å². The number of hydrogen-bond donors (Lipinski definition) is 2. The molecule has 1 aromatic rings. The van der Waals surface area contributed by atoms with E-state index in [0.29, 0.717) is 6.42 Å². The minimum atomic E-state index is 0.278. The first-order valence-corrected chi connectivity index (χ1v) is 5.78. The number of carbonyl (C=O) groups is 1. The lowest BCUT2D eigenvalue weighted by Crippen LogP contribution is -2.04. The van der Waals surface area contributed by atoms with Crippen molar-refractivity contribution in [2.75, 3.05) is 17.6 Å². The second kappa shape index (κ2) is 6.88. The molecule has 0 saturated carbocycles. The number of hydrogen-bond acceptors (Lipinski definition) is 3. The molecule has 3 nitrogen and oxygen atoms in total. The van der Waals surface area contributed by atoms with Crippen LogP contribution in [-0.4, -0.2) is 12.3 Å². The zero-order valence-corrected chi connectivity index (χ0v) is 9.83. The molecule has 1 aromatic carbocycles. The summed E-state index contributed by atoms with van der Waals surface area (Å²) in [6.07, 6.45) is 3.84. The van der Waals surface area contributed by atoms with Gasteiger partial charge in [0.05, 0.1) is 11.4 Å². The summed E-state index contributed by atoms with van der Waals surface area (Å²) in [7, 11) is 0. The Balaban J connectivity index is 2.12. The van der Waals surface area contributed by atoms with Crippen LogP contribution in [0.2, 0.25) is 0 Å². The molecule has 0 atom stereocenters. The number of para-hydroxylation sites is 2. The van der Waals surface area contributed by atoms with Crippen molar-refractivity contribution in [1.29, 1.82) is 0 Å². The smallest absolute Gasteiger partial charge is 0.129 e. The van der Waals surface area contributed by atoms with E-state index in [-0.39, 0.29) is 5.78 Å². The predicted molar refractivity (Wildman–Crippen MR) is 68.5 cm³/mol. The van der Waals surface area contributed by atoms with Crippen LogP contribution in [0.15, 0.2) is 24.3 Å². The normalized spacial score (nSPS) is 10.1. The molecular formula is C13H20N2O. The van der Waals surface area contributed by atoms with Crippen molar-refractivity contribution in [2.24, 2.45) is 0 Å². The summed E-state index contributed by atoms with van der Waals surface area (Å²) in [4.78, 5) is 10.7. The van der Waals surface area contributed by atoms with Gasteiger partial charge in [-0.15, -0.1) is 0 Å². The second-order valence-electron chi connectivity index (χ2n) is 4.03. The van der Waals surface area contributed by atoms with Crippen molar-refractivity contribution in [3.8, 4) is 0 Å². The van der Waals surface area contributed by atoms with E-state index in [1.54, 1.807) is 6.92 Å². The molecule has 0 aliphatic heterocycles. The maximum atomic E-state index is 10.7. The maximum absolute atomic E-state index is 10.7. The molecule has 0 aliphatic carbocycles. The lowest BCUT2D eigenvalue weighted by Gasteiger charge is -2.08. The summed E-state index contributed by atoms with van der Waals surface area (Å²) in [5, 5.41) is 3.29. The third-order valence-electron chi connectivity index (χ3n) is 2.48. The first kappa shape index (κ1) is 12.6. The van der Waals surface area contributed by atoms with Gasteiger partial charge in [-0.1, -0.05) is 18.6 Å². The highest BCUT2D eigenvalue weighted by Gasteiger charge is 1.96. The molecule has 88 valence electrons. The zero-order valence-electron chi connectivity index (χ0n) is 9.83. The Morgan fingerprint density at radius 3 is 2.69 bits per heavy atom. The molecule has 0 radical (unpaired) electrons. The molecule has 0 aromatic heterocycles. The lowest BCUT2D eigenvalue weighted by molar-refractivity contribution is -0.117. The van der Waals surface area contributed by atoms with E-state index in [9.17, 15) is 4.79 Å².